The fraction of sp³-hybridized carbons (Fsp3) is 0.333. The number of fused-ring (bicyclic) bond motifs is 1. The topological polar surface area (TPSA) is 47.5 Å². The van der Waals surface area contributed by atoms with E-state index in [-0.39, 0.29) is 0 Å². The number of hydrogen-bond acceptors (Lipinski definition) is 5. The number of para-hydroxylation sites is 4. The van der Waals surface area contributed by atoms with Crippen LogP contribution < -0.4 is 14.4 Å². The third-order valence-corrected chi connectivity index (χ3v) is 4.88. The van der Waals surface area contributed by atoms with Gasteiger partial charge in [0.2, 0.25) is 0 Å². The molecule has 0 unspecified atom stereocenters. The monoisotopic (exact) mass is 349 g/mol. The molecule has 0 aliphatic carbocycles. The number of benzene rings is 2. The Labute approximate surface area is 153 Å². The van der Waals surface area contributed by atoms with E-state index in [4.69, 9.17) is 19.4 Å². The van der Waals surface area contributed by atoms with Crippen LogP contribution in [0.25, 0.3) is 11.0 Å². The molecule has 3 aromatic rings. The molecule has 26 heavy (non-hydrogen) atoms. The molecule has 0 bridgehead atoms. The molecule has 1 saturated heterocycles. The molecule has 1 aromatic heterocycles. The Balaban J connectivity index is 1.77. The quantitative estimate of drug-likeness (QED) is 0.685. The van der Waals surface area contributed by atoms with Crippen LogP contribution in [0.15, 0.2) is 48.5 Å². The Bertz CT molecular complexity index is 905. The highest BCUT2D eigenvalue weighted by Gasteiger charge is 2.23. The van der Waals surface area contributed by atoms with Crippen LogP contribution >= 0.6 is 0 Å². The number of hydrogen-bond donors (Lipinski definition) is 0. The van der Waals surface area contributed by atoms with Gasteiger partial charge < -0.3 is 14.4 Å². The molecule has 4 rings (SSSR count). The van der Waals surface area contributed by atoms with E-state index in [0.29, 0.717) is 17.4 Å². The number of rotatable bonds is 4. The molecule has 5 nitrogen and oxygen atoms in total. The third-order valence-electron chi connectivity index (χ3n) is 4.88. The van der Waals surface area contributed by atoms with Gasteiger partial charge in [0.25, 0.3) is 5.88 Å². The summed E-state index contributed by atoms with van der Waals surface area (Å²) in [6.45, 7) is 4.24. The van der Waals surface area contributed by atoms with Crippen LogP contribution in [0.2, 0.25) is 0 Å². The van der Waals surface area contributed by atoms with Crippen LogP contribution in [-0.4, -0.2) is 30.2 Å². The van der Waals surface area contributed by atoms with E-state index < -0.39 is 0 Å². The van der Waals surface area contributed by atoms with E-state index in [0.717, 1.165) is 48.7 Å². The minimum absolute atomic E-state index is 0.530. The highest BCUT2D eigenvalue weighted by Crippen LogP contribution is 2.36. The maximum atomic E-state index is 6.18. The average Bonchev–Trinajstić information content (AvgIpc) is 2.68. The second kappa shape index (κ2) is 7.20. The Kier molecular flexibility index (Phi) is 4.61. The molecule has 5 heteroatoms. The van der Waals surface area contributed by atoms with E-state index in [1.807, 2.05) is 48.5 Å². The zero-order valence-electron chi connectivity index (χ0n) is 15.2. The number of ether oxygens (including phenoxy) is 2. The predicted molar refractivity (Wildman–Crippen MR) is 103 cm³/mol. The third kappa shape index (κ3) is 3.29. The van der Waals surface area contributed by atoms with Crippen LogP contribution in [0, 0.1) is 5.92 Å². The molecular weight excluding hydrogens is 326 g/mol. The predicted octanol–water partition coefficient (Wildman–Crippen LogP) is 4.67. The lowest BCUT2D eigenvalue weighted by Gasteiger charge is -2.31. The molecular formula is C21H23N3O2. The minimum Gasteiger partial charge on any atom is -0.493 e. The van der Waals surface area contributed by atoms with Crippen molar-refractivity contribution < 1.29 is 9.47 Å². The largest absolute Gasteiger partial charge is 0.493 e. The molecule has 0 atom stereocenters. The molecule has 1 aliphatic rings. The van der Waals surface area contributed by atoms with Crippen LogP contribution in [0.4, 0.5) is 5.82 Å². The average molecular weight is 349 g/mol. The first kappa shape index (κ1) is 16.6. The minimum atomic E-state index is 0.530. The lowest BCUT2D eigenvalue weighted by atomic mass is 9.99. The van der Waals surface area contributed by atoms with Crippen molar-refractivity contribution in [2.75, 3.05) is 25.1 Å². The number of methoxy groups -OCH3 is 1. The van der Waals surface area contributed by atoms with Crippen molar-refractivity contribution in [2.45, 2.75) is 19.8 Å². The van der Waals surface area contributed by atoms with Gasteiger partial charge in [-0.3, -0.25) is 0 Å². The van der Waals surface area contributed by atoms with Crippen LogP contribution in [-0.2, 0) is 0 Å². The van der Waals surface area contributed by atoms with E-state index in [2.05, 4.69) is 11.8 Å². The van der Waals surface area contributed by atoms with Gasteiger partial charge in [0.05, 0.1) is 18.1 Å². The lowest BCUT2D eigenvalue weighted by Crippen LogP contribution is -2.33. The second-order valence-corrected chi connectivity index (χ2v) is 6.76. The van der Waals surface area contributed by atoms with Gasteiger partial charge in [-0.1, -0.05) is 31.2 Å². The normalized spacial score (nSPS) is 15.2. The number of nitrogens with zero attached hydrogens (tertiary/aromatic N) is 3. The van der Waals surface area contributed by atoms with Gasteiger partial charge in [-0.2, -0.15) is 0 Å². The molecule has 0 amide bonds. The summed E-state index contributed by atoms with van der Waals surface area (Å²) in [5.74, 6) is 3.41. The van der Waals surface area contributed by atoms with Crippen molar-refractivity contribution in [3.05, 3.63) is 48.5 Å². The number of anilines is 1. The van der Waals surface area contributed by atoms with Gasteiger partial charge in [0, 0.05) is 13.1 Å². The number of aromatic nitrogens is 2. The Morgan fingerprint density at radius 3 is 2.19 bits per heavy atom. The lowest BCUT2D eigenvalue weighted by molar-refractivity contribution is 0.372. The van der Waals surface area contributed by atoms with E-state index in [1.165, 1.54) is 0 Å². The standard InChI is InChI=1S/C21H23N3O2/c1-15-11-13-24(14-12-15)20-21(23-17-8-4-3-7-16(17)22-20)26-19-10-6-5-9-18(19)25-2/h3-10,15H,11-14H2,1-2H3. The maximum absolute atomic E-state index is 6.18. The Morgan fingerprint density at radius 1 is 0.885 bits per heavy atom. The zero-order valence-corrected chi connectivity index (χ0v) is 15.2. The van der Waals surface area contributed by atoms with E-state index in [1.54, 1.807) is 7.11 Å². The summed E-state index contributed by atoms with van der Waals surface area (Å²) in [5.41, 5.74) is 1.71. The number of piperidine rings is 1. The van der Waals surface area contributed by atoms with Gasteiger partial charge in [-0.05, 0) is 43.0 Å². The summed E-state index contributed by atoms with van der Waals surface area (Å²) in [6.07, 6.45) is 2.31. The summed E-state index contributed by atoms with van der Waals surface area (Å²) < 4.78 is 11.6. The van der Waals surface area contributed by atoms with Gasteiger partial charge >= 0.3 is 0 Å². The Hall–Kier alpha value is -2.82. The van der Waals surface area contributed by atoms with Crippen LogP contribution in [0.3, 0.4) is 0 Å². The molecule has 0 saturated carbocycles. The Morgan fingerprint density at radius 2 is 1.50 bits per heavy atom. The summed E-state index contributed by atoms with van der Waals surface area (Å²) in [7, 11) is 1.64. The van der Waals surface area contributed by atoms with Gasteiger partial charge in [-0.15, -0.1) is 0 Å². The van der Waals surface area contributed by atoms with Crippen molar-refractivity contribution in [1.29, 1.82) is 0 Å². The zero-order chi connectivity index (χ0) is 17.9. The van der Waals surface area contributed by atoms with Crippen molar-refractivity contribution >= 4 is 16.9 Å². The molecule has 0 radical (unpaired) electrons. The maximum Gasteiger partial charge on any atom is 0.263 e. The fourth-order valence-electron chi connectivity index (χ4n) is 3.28. The SMILES string of the molecule is COc1ccccc1Oc1nc2ccccc2nc1N1CCC(C)CC1. The highest BCUT2D eigenvalue weighted by atomic mass is 16.5. The molecule has 0 N–H and O–H groups in total. The molecule has 134 valence electrons. The summed E-state index contributed by atoms with van der Waals surface area (Å²) in [5, 5.41) is 0. The summed E-state index contributed by atoms with van der Waals surface area (Å²) in [6, 6.07) is 15.5. The highest BCUT2D eigenvalue weighted by molar-refractivity contribution is 5.77. The fourth-order valence-corrected chi connectivity index (χ4v) is 3.28. The van der Waals surface area contributed by atoms with Gasteiger partial charge in [-0.25, -0.2) is 9.97 Å². The second-order valence-electron chi connectivity index (χ2n) is 6.76. The molecule has 1 aliphatic heterocycles. The van der Waals surface area contributed by atoms with E-state index in [9.17, 15) is 0 Å². The van der Waals surface area contributed by atoms with Crippen LogP contribution in [0.1, 0.15) is 19.8 Å². The van der Waals surface area contributed by atoms with Crippen molar-refractivity contribution in [3.8, 4) is 17.4 Å². The van der Waals surface area contributed by atoms with Crippen LogP contribution in [0.5, 0.6) is 17.4 Å². The van der Waals surface area contributed by atoms with Gasteiger partial charge in [0.1, 0.15) is 0 Å². The smallest absolute Gasteiger partial charge is 0.263 e. The first-order valence-electron chi connectivity index (χ1n) is 9.07. The first-order valence-corrected chi connectivity index (χ1v) is 9.07. The van der Waals surface area contributed by atoms with E-state index >= 15 is 0 Å². The molecule has 1 fully saturated rings. The molecule has 0 spiro atoms. The summed E-state index contributed by atoms with van der Waals surface area (Å²) >= 11 is 0. The van der Waals surface area contributed by atoms with Crippen molar-refractivity contribution in [3.63, 3.8) is 0 Å². The van der Waals surface area contributed by atoms with Crippen molar-refractivity contribution in [1.82, 2.24) is 9.97 Å². The van der Waals surface area contributed by atoms with Crippen molar-refractivity contribution in [2.24, 2.45) is 5.92 Å². The molecule has 2 aromatic carbocycles. The molecule has 2 heterocycles. The van der Waals surface area contributed by atoms with Gasteiger partial charge in [0.15, 0.2) is 17.3 Å². The summed E-state index contributed by atoms with van der Waals surface area (Å²) in [4.78, 5) is 11.9. The first-order chi connectivity index (χ1) is 12.7.